The Morgan fingerprint density at radius 3 is 2.71 bits per heavy atom. The summed E-state index contributed by atoms with van der Waals surface area (Å²) in [5, 5.41) is 9.59. The van der Waals surface area contributed by atoms with E-state index in [1.165, 1.54) is 28.8 Å². The minimum Gasteiger partial charge on any atom is -0.490 e. The van der Waals surface area contributed by atoms with Crippen LogP contribution in [0.2, 0.25) is 0 Å². The second-order valence-electron chi connectivity index (χ2n) is 5.89. The summed E-state index contributed by atoms with van der Waals surface area (Å²) in [4.78, 5) is 30.0. The Balaban J connectivity index is 1.81. The van der Waals surface area contributed by atoms with Gasteiger partial charge in [0.2, 0.25) is 0 Å². The van der Waals surface area contributed by atoms with Crippen LogP contribution in [0.3, 0.4) is 0 Å². The van der Waals surface area contributed by atoms with E-state index in [-0.39, 0.29) is 11.5 Å². The van der Waals surface area contributed by atoms with Gasteiger partial charge < -0.3 is 9.84 Å². The fourth-order valence-corrected chi connectivity index (χ4v) is 3.42. The predicted octanol–water partition coefficient (Wildman–Crippen LogP) is 4.18. The second-order valence-corrected chi connectivity index (χ2v) is 6.90. The average molecular weight is 394 g/mol. The molecule has 28 heavy (non-hydrogen) atoms. The highest BCUT2D eigenvalue weighted by molar-refractivity contribution is 8.18. The number of nitrogens with zero attached hydrogens (tertiary/aromatic N) is 2. The normalized spacial score (nSPS) is 16.6. The lowest BCUT2D eigenvalue weighted by atomic mass is 10.2. The van der Waals surface area contributed by atoms with Crippen LogP contribution in [0.1, 0.15) is 15.9 Å². The summed E-state index contributed by atoms with van der Waals surface area (Å²) in [5.74, 6) is -0.457. The minimum absolute atomic E-state index is 0.147. The van der Waals surface area contributed by atoms with Gasteiger partial charge in [0.05, 0.1) is 16.2 Å². The standard InChI is InChI=1S/C21H18N2O4S/c1-3-11-27-17-9-7-14(8-10-17)12-18-19(24)23(2)21(28-18)22-16-6-4-5-15(13-16)20(25)26/h3-10,12-13H,1,11H2,2H3,(H,25,26)/b18-12-,22-21?. The zero-order valence-electron chi connectivity index (χ0n) is 15.2. The zero-order valence-corrected chi connectivity index (χ0v) is 16.0. The maximum Gasteiger partial charge on any atom is 0.335 e. The van der Waals surface area contributed by atoms with Gasteiger partial charge in [0, 0.05) is 7.05 Å². The van der Waals surface area contributed by atoms with Crippen LogP contribution in [-0.2, 0) is 4.79 Å². The van der Waals surface area contributed by atoms with Crippen molar-refractivity contribution >= 4 is 40.6 Å². The zero-order chi connectivity index (χ0) is 20.1. The molecule has 0 spiro atoms. The highest BCUT2D eigenvalue weighted by atomic mass is 32.2. The van der Waals surface area contributed by atoms with Gasteiger partial charge in [0.25, 0.3) is 5.91 Å². The number of carboxylic acid groups (broad SMARTS) is 1. The number of aromatic carboxylic acids is 1. The number of benzene rings is 2. The first-order valence-electron chi connectivity index (χ1n) is 8.41. The Hall–Kier alpha value is -3.32. The lowest BCUT2D eigenvalue weighted by Crippen LogP contribution is -2.23. The van der Waals surface area contributed by atoms with Crippen LogP contribution in [0.4, 0.5) is 5.69 Å². The van der Waals surface area contributed by atoms with Crippen molar-refractivity contribution in [3.8, 4) is 5.75 Å². The van der Waals surface area contributed by atoms with E-state index in [0.29, 0.717) is 22.4 Å². The molecule has 0 atom stereocenters. The number of carboxylic acids is 1. The second kappa shape index (κ2) is 8.58. The number of thioether (sulfide) groups is 1. The summed E-state index contributed by atoms with van der Waals surface area (Å²) in [6, 6.07) is 13.7. The topological polar surface area (TPSA) is 79.2 Å². The first-order valence-corrected chi connectivity index (χ1v) is 9.23. The number of amides is 1. The molecule has 0 saturated carbocycles. The number of likely N-dealkylation sites (N-methyl/N-ethyl adjacent to an activating group) is 1. The van der Waals surface area contributed by atoms with Crippen LogP contribution in [0.15, 0.2) is 71.1 Å². The fourth-order valence-electron chi connectivity index (χ4n) is 2.44. The quantitative estimate of drug-likeness (QED) is 0.587. The van der Waals surface area contributed by atoms with Crippen molar-refractivity contribution in [2.45, 2.75) is 0 Å². The molecule has 1 fully saturated rings. The molecule has 1 amide bonds. The van der Waals surface area contributed by atoms with Crippen LogP contribution >= 0.6 is 11.8 Å². The smallest absolute Gasteiger partial charge is 0.335 e. The highest BCUT2D eigenvalue weighted by Crippen LogP contribution is 2.33. The molecule has 2 aromatic carbocycles. The molecule has 6 nitrogen and oxygen atoms in total. The van der Waals surface area contributed by atoms with E-state index in [1.54, 1.807) is 31.3 Å². The van der Waals surface area contributed by atoms with Gasteiger partial charge >= 0.3 is 5.97 Å². The molecule has 0 radical (unpaired) electrons. The molecular formula is C21H18N2O4S. The lowest BCUT2D eigenvalue weighted by molar-refractivity contribution is -0.121. The monoisotopic (exact) mass is 394 g/mol. The summed E-state index contributed by atoms with van der Waals surface area (Å²) >= 11 is 1.24. The number of hydrogen-bond donors (Lipinski definition) is 1. The molecule has 3 rings (SSSR count). The molecule has 0 unspecified atom stereocenters. The summed E-state index contributed by atoms with van der Waals surface area (Å²) in [6.07, 6.45) is 3.46. The van der Waals surface area contributed by atoms with Crippen LogP contribution < -0.4 is 4.74 Å². The maximum atomic E-state index is 12.5. The molecule has 0 aromatic heterocycles. The Morgan fingerprint density at radius 2 is 2.04 bits per heavy atom. The molecule has 1 aliphatic heterocycles. The SMILES string of the molecule is C=CCOc1ccc(/C=C2\SC(=Nc3cccc(C(=O)O)c3)N(C)C2=O)cc1. The van der Waals surface area contributed by atoms with Crippen molar-refractivity contribution in [2.75, 3.05) is 13.7 Å². The van der Waals surface area contributed by atoms with E-state index < -0.39 is 5.97 Å². The number of aliphatic imine (C=N–C) groups is 1. The Morgan fingerprint density at radius 1 is 1.29 bits per heavy atom. The van der Waals surface area contributed by atoms with Gasteiger partial charge in [-0.25, -0.2) is 9.79 Å². The molecule has 7 heteroatoms. The number of carbonyl (C=O) groups is 2. The van der Waals surface area contributed by atoms with E-state index in [2.05, 4.69) is 11.6 Å². The van der Waals surface area contributed by atoms with Crippen molar-refractivity contribution in [1.29, 1.82) is 0 Å². The van der Waals surface area contributed by atoms with Crippen molar-refractivity contribution < 1.29 is 19.4 Å². The minimum atomic E-state index is -1.02. The Labute approximate surface area is 166 Å². The van der Waals surface area contributed by atoms with Gasteiger partial charge in [-0.2, -0.15) is 0 Å². The molecule has 0 aliphatic carbocycles. The van der Waals surface area contributed by atoms with Crippen LogP contribution in [0.25, 0.3) is 6.08 Å². The largest absolute Gasteiger partial charge is 0.490 e. The summed E-state index contributed by atoms with van der Waals surface area (Å²) < 4.78 is 5.45. The van der Waals surface area contributed by atoms with Crippen molar-refractivity contribution in [3.63, 3.8) is 0 Å². The average Bonchev–Trinajstić information content (AvgIpc) is 2.95. The summed E-state index contributed by atoms with van der Waals surface area (Å²) in [6.45, 7) is 4.04. The Kier molecular flexibility index (Phi) is 5.96. The Bertz CT molecular complexity index is 980. The molecule has 1 saturated heterocycles. The van der Waals surface area contributed by atoms with Gasteiger partial charge in [0.1, 0.15) is 12.4 Å². The summed E-state index contributed by atoms with van der Waals surface area (Å²) in [7, 11) is 1.64. The molecule has 1 aliphatic rings. The molecule has 0 bridgehead atoms. The lowest BCUT2D eigenvalue weighted by Gasteiger charge is -2.07. The van der Waals surface area contributed by atoms with Crippen LogP contribution in [0.5, 0.6) is 5.75 Å². The van der Waals surface area contributed by atoms with Crippen molar-refractivity contribution in [3.05, 3.63) is 77.2 Å². The van der Waals surface area contributed by atoms with Crippen LogP contribution in [0, 0.1) is 0 Å². The maximum absolute atomic E-state index is 12.5. The van der Waals surface area contributed by atoms with Gasteiger partial charge in [-0.15, -0.1) is 0 Å². The van der Waals surface area contributed by atoms with E-state index in [1.807, 2.05) is 24.3 Å². The predicted molar refractivity (Wildman–Crippen MR) is 111 cm³/mol. The highest BCUT2D eigenvalue weighted by Gasteiger charge is 2.30. The molecular weight excluding hydrogens is 376 g/mol. The summed E-state index contributed by atoms with van der Waals surface area (Å²) in [5.41, 5.74) is 1.49. The van der Waals surface area contributed by atoms with Gasteiger partial charge in [-0.3, -0.25) is 9.69 Å². The number of carbonyl (C=O) groups excluding carboxylic acids is 1. The molecule has 1 N–H and O–H groups in total. The van der Waals surface area contributed by atoms with Gasteiger partial charge in [-0.1, -0.05) is 30.9 Å². The number of rotatable bonds is 6. The van der Waals surface area contributed by atoms with E-state index in [4.69, 9.17) is 9.84 Å². The first kappa shape index (κ1) is 19.4. The van der Waals surface area contributed by atoms with Crippen molar-refractivity contribution in [2.24, 2.45) is 4.99 Å². The van der Waals surface area contributed by atoms with Gasteiger partial charge in [0.15, 0.2) is 5.17 Å². The van der Waals surface area contributed by atoms with Crippen LogP contribution in [-0.4, -0.2) is 40.7 Å². The number of hydrogen-bond acceptors (Lipinski definition) is 5. The number of ether oxygens (including phenoxy) is 1. The third kappa shape index (κ3) is 4.50. The van der Waals surface area contributed by atoms with E-state index in [9.17, 15) is 9.59 Å². The fraction of sp³-hybridized carbons (Fsp3) is 0.0952. The van der Waals surface area contributed by atoms with E-state index in [0.717, 1.165) is 11.3 Å². The number of amidine groups is 1. The third-order valence-electron chi connectivity index (χ3n) is 3.87. The van der Waals surface area contributed by atoms with Gasteiger partial charge in [-0.05, 0) is 53.7 Å². The first-order chi connectivity index (χ1) is 13.5. The molecule has 142 valence electrons. The van der Waals surface area contributed by atoms with Crippen molar-refractivity contribution in [1.82, 2.24) is 4.90 Å². The van der Waals surface area contributed by atoms with E-state index >= 15 is 0 Å². The molecule has 1 heterocycles. The molecule has 2 aromatic rings. The third-order valence-corrected chi connectivity index (χ3v) is 4.93.